The number of nitrogens with zero attached hydrogens (tertiary/aromatic N) is 1. The molecule has 0 unspecified atom stereocenters. The summed E-state index contributed by atoms with van der Waals surface area (Å²) >= 11 is 1.01. The van der Waals surface area contributed by atoms with E-state index in [1.165, 1.54) is 0 Å². The molecule has 0 aliphatic rings. The summed E-state index contributed by atoms with van der Waals surface area (Å²) in [7, 11) is 1.16. The molecule has 2 heterocycles. The van der Waals surface area contributed by atoms with Crippen molar-refractivity contribution in [3.63, 3.8) is 0 Å². The van der Waals surface area contributed by atoms with Crippen LogP contribution in [0.25, 0.3) is 11.3 Å². The predicted octanol–water partition coefficient (Wildman–Crippen LogP) is 2.61. The third-order valence-corrected chi connectivity index (χ3v) is 3.69. The topological polar surface area (TPSA) is 72.1 Å². The zero-order chi connectivity index (χ0) is 15.8. The Morgan fingerprint density at radius 2 is 2.10 bits per heavy atom. The molecule has 0 saturated heterocycles. The number of H-pyrrole nitrogens is 1. The van der Waals surface area contributed by atoms with Crippen molar-refractivity contribution in [2.75, 3.05) is 7.11 Å². The minimum absolute atomic E-state index is 0.0984. The van der Waals surface area contributed by atoms with Gasteiger partial charge in [0.05, 0.1) is 12.8 Å². The van der Waals surface area contributed by atoms with Crippen LogP contribution in [0.2, 0.25) is 0 Å². The predicted molar refractivity (Wildman–Crippen MR) is 69.2 cm³/mol. The molecule has 0 amide bonds. The van der Waals surface area contributed by atoms with Crippen LogP contribution >= 0.6 is 11.3 Å². The largest absolute Gasteiger partial charge is 0.465 e. The van der Waals surface area contributed by atoms with Gasteiger partial charge in [0.1, 0.15) is 4.88 Å². The monoisotopic (exact) mass is 318 g/mol. The van der Waals surface area contributed by atoms with Crippen LogP contribution < -0.4 is 5.56 Å². The number of esters is 1. The Morgan fingerprint density at radius 1 is 1.43 bits per heavy atom. The number of carbonyl (C=O) groups is 1. The molecule has 0 aliphatic carbocycles. The zero-order valence-corrected chi connectivity index (χ0v) is 11.7. The summed E-state index contributed by atoms with van der Waals surface area (Å²) in [5, 5.41) is 1.58. The maximum absolute atomic E-state index is 12.7. The first-order valence-electron chi connectivity index (χ1n) is 5.59. The second-order valence-corrected chi connectivity index (χ2v) is 4.97. The first-order chi connectivity index (χ1) is 9.74. The van der Waals surface area contributed by atoms with Crippen LogP contribution in [-0.2, 0) is 10.9 Å². The van der Waals surface area contributed by atoms with Crippen molar-refractivity contribution in [1.82, 2.24) is 9.97 Å². The lowest BCUT2D eigenvalue weighted by Gasteiger charge is -2.08. The number of hydrogen-bond acceptors (Lipinski definition) is 5. The molecule has 0 saturated carbocycles. The van der Waals surface area contributed by atoms with Crippen molar-refractivity contribution in [3.8, 4) is 11.3 Å². The minimum Gasteiger partial charge on any atom is -0.465 e. The molecule has 0 spiro atoms. The molecule has 112 valence electrons. The molecule has 1 N–H and O–H groups in total. The Labute approximate surface area is 120 Å². The van der Waals surface area contributed by atoms with E-state index in [0.717, 1.165) is 24.5 Å². The third-order valence-electron chi connectivity index (χ3n) is 2.61. The number of nitrogens with one attached hydrogen (secondary N) is 1. The second kappa shape index (κ2) is 5.32. The highest BCUT2D eigenvalue weighted by Crippen LogP contribution is 2.33. The molecule has 0 aliphatic heterocycles. The Balaban J connectivity index is 2.68. The number of methoxy groups -OCH3 is 1. The number of aromatic nitrogens is 2. The van der Waals surface area contributed by atoms with Gasteiger partial charge in [-0.3, -0.25) is 4.79 Å². The summed E-state index contributed by atoms with van der Waals surface area (Å²) in [4.78, 5) is 28.2. The van der Waals surface area contributed by atoms with Crippen LogP contribution in [0.1, 0.15) is 21.1 Å². The Hall–Kier alpha value is -2.16. The van der Waals surface area contributed by atoms with Crippen LogP contribution in [0.4, 0.5) is 13.2 Å². The highest BCUT2D eigenvalue weighted by atomic mass is 32.1. The van der Waals surface area contributed by atoms with Crippen LogP contribution in [0, 0.1) is 6.92 Å². The molecule has 9 heteroatoms. The quantitative estimate of drug-likeness (QED) is 0.864. The summed E-state index contributed by atoms with van der Waals surface area (Å²) in [6, 6.07) is 0.913. The van der Waals surface area contributed by atoms with E-state index in [1.807, 2.05) is 0 Å². The maximum atomic E-state index is 12.7. The Morgan fingerprint density at radius 3 is 2.67 bits per heavy atom. The fourth-order valence-corrected chi connectivity index (χ4v) is 2.70. The fourth-order valence-electron chi connectivity index (χ4n) is 1.73. The summed E-state index contributed by atoms with van der Waals surface area (Å²) in [6.07, 6.45) is -4.79. The fraction of sp³-hybridized carbons (Fsp3) is 0.250. The van der Waals surface area contributed by atoms with Crippen LogP contribution in [0.3, 0.4) is 0 Å². The summed E-state index contributed by atoms with van der Waals surface area (Å²) in [6.45, 7) is 1.61. The van der Waals surface area contributed by atoms with E-state index in [-0.39, 0.29) is 16.1 Å². The molecular formula is C12H9F3N2O3S. The molecular weight excluding hydrogens is 309 g/mol. The van der Waals surface area contributed by atoms with Crippen LogP contribution in [0.5, 0.6) is 0 Å². The lowest BCUT2D eigenvalue weighted by atomic mass is 10.1. The molecule has 2 aromatic heterocycles. The van der Waals surface area contributed by atoms with E-state index in [1.54, 1.807) is 17.3 Å². The van der Waals surface area contributed by atoms with Crippen molar-refractivity contribution in [3.05, 3.63) is 38.1 Å². The van der Waals surface area contributed by atoms with Gasteiger partial charge < -0.3 is 9.72 Å². The number of aromatic amines is 1. The maximum Gasteiger partial charge on any atom is 0.449 e. The van der Waals surface area contributed by atoms with Gasteiger partial charge in [0, 0.05) is 11.6 Å². The summed E-state index contributed by atoms with van der Waals surface area (Å²) in [5.74, 6) is -2.11. The van der Waals surface area contributed by atoms with Gasteiger partial charge in [-0.25, -0.2) is 9.78 Å². The van der Waals surface area contributed by atoms with Gasteiger partial charge in [-0.05, 0) is 17.9 Å². The Bertz CT molecular complexity index is 749. The molecule has 0 atom stereocenters. The lowest BCUT2D eigenvalue weighted by molar-refractivity contribution is -0.145. The smallest absolute Gasteiger partial charge is 0.449 e. The normalized spacial score (nSPS) is 11.5. The number of alkyl halides is 3. The van der Waals surface area contributed by atoms with E-state index in [9.17, 15) is 22.8 Å². The average molecular weight is 318 g/mol. The van der Waals surface area contributed by atoms with Crippen molar-refractivity contribution in [2.24, 2.45) is 0 Å². The number of ether oxygens (including phenoxy) is 1. The van der Waals surface area contributed by atoms with Gasteiger partial charge in [0.2, 0.25) is 5.82 Å². The first kappa shape index (κ1) is 15.2. The van der Waals surface area contributed by atoms with E-state index < -0.39 is 23.5 Å². The number of carbonyl (C=O) groups excluding carboxylic acids is 1. The number of thiophene rings is 1. The van der Waals surface area contributed by atoms with Gasteiger partial charge >= 0.3 is 12.1 Å². The van der Waals surface area contributed by atoms with E-state index in [4.69, 9.17) is 0 Å². The molecule has 5 nitrogen and oxygen atoms in total. The SMILES string of the molecule is COC(=O)c1scc(C)c1-c1cc(=O)[nH]c(C(F)(F)F)n1. The number of aryl methyl sites for hydroxylation is 1. The first-order valence-corrected chi connectivity index (χ1v) is 6.47. The van der Waals surface area contributed by atoms with E-state index >= 15 is 0 Å². The highest BCUT2D eigenvalue weighted by Gasteiger charge is 2.35. The van der Waals surface area contributed by atoms with Crippen LogP contribution in [-0.4, -0.2) is 23.0 Å². The van der Waals surface area contributed by atoms with Crippen molar-refractivity contribution < 1.29 is 22.7 Å². The third kappa shape index (κ3) is 2.97. The molecule has 2 rings (SSSR count). The van der Waals surface area contributed by atoms with E-state index in [2.05, 4.69) is 9.72 Å². The van der Waals surface area contributed by atoms with Crippen molar-refractivity contribution in [2.45, 2.75) is 13.1 Å². The van der Waals surface area contributed by atoms with Gasteiger partial charge in [0.25, 0.3) is 5.56 Å². The minimum atomic E-state index is -4.79. The Kier molecular flexibility index (Phi) is 3.86. The van der Waals surface area contributed by atoms with Crippen LogP contribution in [0.15, 0.2) is 16.2 Å². The molecule has 21 heavy (non-hydrogen) atoms. The average Bonchev–Trinajstić information content (AvgIpc) is 2.78. The molecule has 0 aromatic carbocycles. The standard InChI is InChI=1S/C12H9F3N2O3S/c1-5-4-21-9(10(19)20-2)8(5)6-3-7(18)17-11(16-6)12(13,14)15/h3-4H,1-2H3,(H,16,17,18). The highest BCUT2D eigenvalue weighted by molar-refractivity contribution is 7.12. The number of hydrogen-bond donors (Lipinski definition) is 1. The van der Waals surface area contributed by atoms with Crippen molar-refractivity contribution >= 4 is 17.3 Å². The molecule has 0 radical (unpaired) electrons. The second-order valence-electron chi connectivity index (χ2n) is 4.09. The van der Waals surface area contributed by atoms with E-state index in [0.29, 0.717) is 5.56 Å². The number of rotatable bonds is 2. The molecule has 2 aromatic rings. The number of halogens is 3. The zero-order valence-electron chi connectivity index (χ0n) is 10.9. The molecule has 0 fully saturated rings. The van der Waals surface area contributed by atoms with Gasteiger partial charge in [-0.2, -0.15) is 13.2 Å². The van der Waals surface area contributed by atoms with Crippen molar-refractivity contribution in [1.29, 1.82) is 0 Å². The summed E-state index contributed by atoms with van der Waals surface area (Å²) < 4.78 is 42.7. The summed E-state index contributed by atoms with van der Waals surface area (Å²) in [5.41, 5.74) is -0.464. The molecule has 0 bridgehead atoms. The van der Waals surface area contributed by atoms with Gasteiger partial charge in [-0.1, -0.05) is 0 Å². The van der Waals surface area contributed by atoms with Gasteiger partial charge in [0.15, 0.2) is 0 Å². The lowest BCUT2D eigenvalue weighted by Crippen LogP contribution is -2.19. The van der Waals surface area contributed by atoms with Gasteiger partial charge in [-0.15, -0.1) is 11.3 Å².